The molecule has 1 fully saturated rings. The molecule has 1 heterocycles. The van der Waals surface area contributed by atoms with Gasteiger partial charge >= 0.3 is 0 Å². The van der Waals surface area contributed by atoms with Gasteiger partial charge in [0.1, 0.15) is 0 Å². The molecule has 6 N–H and O–H groups in total. The minimum atomic E-state index is -0.00694. The lowest BCUT2D eigenvalue weighted by Gasteiger charge is -2.45. The van der Waals surface area contributed by atoms with E-state index in [1.165, 1.54) is 12.8 Å². The zero-order chi connectivity index (χ0) is 9.03. The Balaban J connectivity index is 2.66. The lowest BCUT2D eigenvalue weighted by Crippen LogP contribution is -2.62. The molecule has 0 amide bonds. The van der Waals surface area contributed by atoms with Crippen molar-refractivity contribution in [3.05, 3.63) is 0 Å². The van der Waals surface area contributed by atoms with Gasteiger partial charge in [0.15, 0.2) is 0 Å². The van der Waals surface area contributed by atoms with Gasteiger partial charge in [0.05, 0.1) is 0 Å². The topological polar surface area (TPSA) is 81.3 Å². The van der Waals surface area contributed by atoms with E-state index in [0.717, 1.165) is 13.0 Å². The fourth-order valence-corrected chi connectivity index (χ4v) is 1.98. The molecular weight excluding hydrogens is 152 g/mol. The Hall–Kier alpha value is -0.160. The zero-order valence-corrected chi connectivity index (χ0v) is 7.63. The normalized spacial score (nSPS) is 24.2. The summed E-state index contributed by atoms with van der Waals surface area (Å²) in [5, 5.41) is 0. The summed E-state index contributed by atoms with van der Waals surface area (Å²) in [7, 11) is 0. The lowest BCUT2D eigenvalue weighted by molar-refractivity contribution is 0.0625. The third-order valence-electron chi connectivity index (χ3n) is 2.97. The number of hydrogen-bond acceptors (Lipinski definition) is 4. The Bertz CT molecular complexity index is 133. The van der Waals surface area contributed by atoms with Crippen LogP contribution in [0, 0.1) is 0 Å². The van der Waals surface area contributed by atoms with E-state index in [1.807, 2.05) is 0 Å². The molecule has 1 saturated heterocycles. The molecule has 4 heteroatoms. The van der Waals surface area contributed by atoms with Gasteiger partial charge in [0, 0.05) is 31.8 Å². The highest BCUT2D eigenvalue weighted by Crippen LogP contribution is 2.25. The van der Waals surface area contributed by atoms with Crippen molar-refractivity contribution in [3.8, 4) is 0 Å². The van der Waals surface area contributed by atoms with E-state index in [4.69, 9.17) is 17.2 Å². The van der Waals surface area contributed by atoms with Crippen LogP contribution < -0.4 is 17.2 Å². The smallest absolute Gasteiger partial charge is 0.0465 e. The Morgan fingerprint density at radius 2 is 1.75 bits per heavy atom. The summed E-state index contributed by atoms with van der Waals surface area (Å²) in [5.41, 5.74) is 17.1. The van der Waals surface area contributed by atoms with E-state index in [2.05, 4.69) is 4.90 Å². The molecule has 4 nitrogen and oxygen atoms in total. The molecule has 0 aromatic carbocycles. The average molecular weight is 172 g/mol. The maximum atomic E-state index is 5.74. The van der Waals surface area contributed by atoms with Gasteiger partial charge < -0.3 is 17.2 Å². The molecule has 72 valence electrons. The van der Waals surface area contributed by atoms with Gasteiger partial charge in [0.2, 0.25) is 0 Å². The van der Waals surface area contributed by atoms with Gasteiger partial charge in [-0.3, -0.25) is 4.90 Å². The van der Waals surface area contributed by atoms with Crippen LogP contribution in [0.1, 0.15) is 19.3 Å². The van der Waals surface area contributed by atoms with Crippen molar-refractivity contribution in [2.75, 3.05) is 26.3 Å². The van der Waals surface area contributed by atoms with Crippen molar-refractivity contribution in [3.63, 3.8) is 0 Å². The second-order valence-corrected chi connectivity index (χ2v) is 3.54. The van der Waals surface area contributed by atoms with E-state index in [1.54, 1.807) is 0 Å². The van der Waals surface area contributed by atoms with Gasteiger partial charge in [-0.05, 0) is 12.8 Å². The molecule has 0 radical (unpaired) electrons. The first-order valence-corrected chi connectivity index (χ1v) is 4.64. The Morgan fingerprint density at radius 3 is 2.17 bits per heavy atom. The molecule has 0 aromatic rings. The first-order valence-electron chi connectivity index (χ1n) is 4.64. The standard InChI is InChI=1S/C8H20N4/c9-5-8(6-10)3-1-2-4-12(8)7-11/h1-7,9-11H2. The largest absolute Gasteiger partial charge is 0.329 e. The maximum absolute atomic E-state index is 5.74. The van der Waals surface area contributed by atoms with Gasteiger partial charge in [-0.2, -0.15) is 0 Å². The summed E-state index contributed by atoms with van der Waals surface area (Å²) in [6, 6.07) is 0. The van der Waals surface area contributed by atoms with Gasteiger partial charge in [0.25, 0.3) is 0 Å². The van der Waals surface area contributed by atoms with Crippen LogP contribution >= 0.6 is 0 Å². The summed E-state index contributed by atoms with van der Waals surface area (Å²) in [5.74, 6) is 0. The molecule has 12 heavy (non-hydrogen) atoms. The monoisotopic (exact) mass is 172 g/mol. The number of piperidine rings is 1. The SMILES string of the molecule is NCN1CCCCC1(CN)CN. The van der Waals surface area contributed by atoms with Crippen LogP contribution in [0.2, 0.25) is 0 Å². The van der Waals surface area contributed by atoms with Crippen LogP contribution in [0.4, 0.5) is 0 Å². The molecular formula is C8H20N4. The predicted octanol–water partition coefficient (Wildman–Crippen LogP) is -0.955. The summed E-state index contributed by atoms with van der Waals surface area (Å²) in [6.07, 6.45) is 3.54. The molecule has 1 aliphatic rings. The van der Waals surface area contributed by atoms with Crippen molar-refractivity contribution < 1.29 is 0 Å². The predicted molar refractivity (Wildman–Crippen MR) is 50.5 cm³/mol. The van der Waals surface area contributed by atoms with Crippen LogP contribution in [0.3, 0.4) is 0 Å². The summed E-state index contributed by atoms with van der Waals surface area (Å²) >= 11 is 0. The fraction of sp³-hybridized carbons (Fsp3) is 1.00. The number of rotatable bonds is 3. The molecule has 0 spiro atoms. The average Bonchev–Trinajstić information content (AvgIpc) is 2.17. The fourth-order valence-electron chi connectivity index (χ4n) is 1.98. The molecule has 1 rings (SSSR count). The lowest BCUT2D eigenvalue weighted by atomic mass is 9.87. The third-order valence-corrected chi connectivity index (χ3v) is 2.97. The van der Waals surface area contributed by atoms with Crippen LogP contribution in [0.5, 0.6) is 0 Å². The molecule has 1 aliphatic heterocycles. The highest BCUT2D eigenvalue weighted by Gasteiger charge is 2.35. The molecule has 0 bridgehead atoms. The van der Waals surface area contributed by atoms with Crippen molar-refractivity contribution in [2.45, 2.75) is 24.8 Å². The molecule has 0 saturated carbocycles. The highest BCUT2D eigenvalue weighted by molar-refractivity contribution is 4.94. The first-order chi connectivity index (χ1) is 5.79. The highest BCUT2D eigenvalue weighted by atomic mass is 15.3. The van der Waals surface area contributed by atoms with Crippen LogP contribution in [-0.4, -0.2) is 36.7 Å². The molecule has 0 unspecified atom stereocenters. The number of nitrogens with zero attached hydrogens (tertiary/aromatic N) is 1. The number of nitrogens with two attached hydrogens (primary N) is 3. The van der Waals surface area contributed by atoms with E-state index in [-0.39, 0.29) is 5.54 Å². The quantitative estimate of drug-likeness (QED) is 0.512. The van der Waals surface area contributed by atoms with Crippen LogP contribution in [0.15, 0.2) is 0 Å². The van der Waals surface area contributed by atoms with Crippen molar-refractivity contribution >= 4 is 0 Å². The second kappa shape index (κ2) is 4.18. The zero-order valence-electron chi connectivity index (χ0n) is 7.63. The molecule has 0 atom stereocenters. The Labute approximate surface area is 74.1 Å². The Morgan fingerprint density at radius 1 is 1.08 bits per heavy atom. The Kier molecular flexibility index (Phi) is 3.46. The first kappa shape index (κ1) is 9.92. The van der Waals surface area contributed by atoms with Crippen LogP contribution in [0.25, 0.3) is 0 Å². The van der Waals surface area contributed by atoms with Gasteiger partial charge in [-0.1, -0.05) is 6.42 Å². The van der Waals surface area contributed by atoms with Crippen molar-refractivity contribution in [2.24, 2.45) is 17.2 Å². The number of hydrogen-bond donors (Lipinski definition) is 3. The van der Waals surface area contributed by atoms with E-state index in [9.17, 15) is 0 Å². The molecule has 0 aliphatic carbocycles. The van der Waals surface area contributed by atoms with E-state index >= 15 is 0 Å². The second-order valence-electron chi connectivity index (χ2n) is 3.54. The number of likely N-dealkylation sites (tertiary alicyclic amines) is 1. The van der Waals surface area contributed by atoms with E-state index < -0.39 is 0 Å². The van der Waals surface area contributed by atoms with Gasteiger partial charge in [-0.25, -0.2) is 0 Å². The van der Waals surface area contributed by atoms with Gasteiger partial charge in [-0.15, -0.1) is 0 Å². The van der Waals surface area contributed by atoms with Crippen LogP contribution in [-0.2, 0) is 0 Å². The van der Waals surface area contributed by atoms with Crippen molar-refractivity contribution in [1.29, 1.82) is 0 Å². The maximum Gasteiger partial charge on any atom is 0.0465 e. The van der Waals surface area contributed by atoms with E-state index in [0.29, 0.717) is 19.8 Å². The minimum absolute atomic E-state index is 0.00694. The van der Waals surface area contributed by atoms with Crippen molar-refractivity contribution in [1.82, 2.24) is 4.90 Å². The minimum Gasteiger partial charge on any atom is -0.329 e. The summed E-state index contributed by atoms with van der Waals surface area (Å²) < 4.78 is 0. The third kappa shape index (κ3) is 1.61. The summed E-state index contributed by atoms with van der Waals surface area (Å²) in [4.78, 5) is 2.22. The summed E-state index contributed by atoms with van der Waals surface area (Å²) in [6.45, 7) is 2.88. The molecule has 0 aromatic heterocycles.